The third kappa shape index (κ3) is 4.60. The molecule has 1 aromatic heterocycles. The maximum atomic E-state index is 12.0. The van der Waals surface area contributed by atoms with E-state index in [0.29, 0.717) is 4.34 Å². The number of thioether (sulfide) groups is 1. The molecule has 1 N–H and O–H groups in total. The Balaban J connectivity index is 0.00000288. The molecule has 0 fully saturated rings. The van der Waals surface area contributed by atoms with E-state index < -0.39 is 29.7 Å². The van der Waals surface area contributed by atoms with Crippen molar-refractivity contribution in [2.75, 3.05) is 12.8 Å². The minimum absolute atomic E-state index is 0. The summed E-state index contributed by atoms with van der Waals surface area (Å²) >= 11 is 2.33. The van der Waals surface area contributed by atoms with E-state index in [2.05, 4.69) is 10.3 Å². The number of hydrogen-bond acceptors (Lipinski definition) is 8. The van der Waals surface area contributed by atoms with Crippen LogP contribution in [0.3, 0.4) is 0 Å². The minimum atomic E-state index is -2.21. The van der Waals surface area contributed by atoms with E-state index in [1.54, 1.807) is 0 Å². The maximum absolute atomic E-state index is 12.0. The zero-order valence-corrected chi connectivity index (χ0v) is 16.6. The number of aliphatic carboxylic acids is 2. The van der Waals surface area contributed by atoms with Gasteiger partial charge in [-0.05, 0) is 12.1 Å². The molecule has 0 bridgehead atoms. The number of fused-ring (bicyclic) bond motifs is 1. The predicted octanol–water partition coefficient (Wildman–Crippen LogP) is -1.37. The van der Waals surface area contributed by atoms with Gasteiger partial charge in [-0.25, -0.2) is 4.98 Å². The fourth-order valence-electron chi connectivity index (χ4n) is 2.00. The van der Waals surface area contributed by atoms with Gasteiger partial charge in [-0.1, -0.05) is 23.9 Å². The first-order valence-corrected chi connectivity index (χ1v) is 8.31. The van der Waals surface area contributed by atoms with E-state index in [1.807, 2.05) is 24.3 Å². The predicted molar refractivity (Wildman–Crippen MR) is 87.2 cm³/mol. The van der Waals surface area contributed by atoms with Crippen molar-refractivity contribution in [2.45, 2.75) is 10.8 Å². The zero-order chi connectivity index (χ0) is 17.0. The molecular formula is C14H12CaN2O5S2. The smallest absolute Gasteiger partial charge is 0.550 e. The van der Waals surface area contributed by atoms with E-state index in [-0.39, 0.29) is 43.5 Å². The second-order valence-corrected chi connectivity index (χ2v) is 6.99. The van der Waals surface area contributed by atoms with E-state index >= 15 is 0 Å². The van der Waals surface area contributed by atoms with Crippen LogP contribution in [0.25, 0.3) is 10.2 Å². The molecular weight excluding hydrogens is 380 g/mol. The summed E-state index contributed by atoms with van der Waals surface area (Å²) in [4.78, 5) is 38.6. The second kappa shape index (κ2) is 9.00. The van der Waals surface area contributed by atoms with Crippen molar-refractivity contribution in [1.82, 2.24) is 10.3 Å². The first-order chi connectivity index (χ1) is 10.9. The standard InChI is InChI=1S/C14H14N2O5S2.Ca/c1-15-11(19)14(12(20)21,6-10(17)18)7-22-13-16-8-4-2-3-5-9(8)23-13;/h2-5H,6-7H2,1H3,(H,15,19)(H,17,18)(H,20,21);/q;+2/p-2. The Hall–Kier alpha value is -0.870. The molecule has 1 atom stereocenters. The summed E-state index contributed by atoms with van der Waals surface area (Å²) in [6.07, 6.45) is -0.965. The Morgan fingerprint density at radius 3 is 2.50 bits per heavy atom. The van der Waals surface area contributed by atoms with Crippen molar-refractivity contribution in [3.63, 3.8) is 0 Å². The summed E-state index contributed by atoms with van der Waals surface area (Å²) in [5.74, 6) is -4.64. The topological polar surface area (TPSA) is 122 Å². The molecule has 7 nitrogen and oxygen atoms in total. The first kappa shape index (κ1) is 21.2. The van der Waals surface area contributed by atoms with Crippen molar-refractivity contribution in [3.05, 3.63) is 24.3 Å². The van der Waals surface area contributed by atoms with Gasteiger partial charge in [-0.15, -0.1) is 11.3 Å². The maximum Gasteiger partial charge on any atom is 2.00 e. The quantitative estimate of drug-likeness (QED) is 0.350. The number of rotatable bonds is 7. The van der Waals surface area contributed by atoms with Crippen molar-refractivity contribution < 1.29 is 24.6 Å². The Labute approximate surface area is 175 Å². The molecule has 2 aromatic rings. The van der Waals surface area contributed by atoms with Crippen LogP contribution in [-0.2, 0) is 14.4 Å². The molecule has 24 heavy (non-hydrogen) atoms. The largest absolute Gasteiger partial charge is 2.00 e. The number of carboxylic acid groups (broad SMARTS) is 2. The van der Waals surface area contributed by atoms with Crippen LogP contribution < -0.4 is 15.5 Å². The first-order valence-electron chi connectivity index (χ1n) is 6.51. The van der Waals surface area contributed by atoms with Crippen molar-refractivity contribution in [2.24, 2.45) is 5.41 Å². The molecule has 0 saturated heterocycles. The van der Waals surface area contributed by atoms with Crippen LogP contribution in [0.5, 0.6) is 0 Å². The molecule has 1 amide bonds. The van der Waals surface area contributed by atoms with Gasteiger partial charge < -0.3 is 25.1 Å². The van der Waals surface area contributed by atoms with Gasteiger partial charge in [-0.2, -0.15) is 0 Å². The number of carbonyl (C=O) groups excluding carboxylic acids is 3. The van der Waals surface area contributed by atoms with Crippen LogP contribution in [0.4, 0.5) is 0 Å². The number of amides is 1. The number of aromatic nitrogens is 1. The third-order valence-electron chi connectivity index (χ3n) is 3.21. The van der Waals surface area contributed by atoms with Gasteiger partial charge in [0.15, 0.2) is 4.34 Å². The van der Waals surface area contributed by atoms with Crippen LogP contribution >= 0.6 is 23.1 Å². The average molecular weight is 392 g/mol. The number of nitrogens with zero attached hydrogens (tertiary/aromatic N) is 1. The summed E-state index contributed by atoms with van der Waals surface area (Å²) in [6, 6.07) is 7.34. The van der Waals surface area contributed by atoms with Gasteiger partial charge in [0.25, 0.3) is 0 Å². The fourth-order valence-corrected chi connectivity index (χ4v) is 4.27. The zero-order valence-electron chi connectivity index (χ0n) is 12.7. The SMILES string of the molecule is CNC(=O)C(CSc1nc2ccccc2s1)(CC(=O)[O-])C(=O)[O-].[Ca+2]. The van der Waals surface area contributed by atoms with E-state index in [1.165, 1.54) is 18.4 Å². The van der Waals surface area contributed by atoms with Crippen LogP contribution in [0.1, 0.15) is 6.42 Å². The number of para-hydroxylation sites is 1. The Morgan fingerprint density at radius 2 is 1.96 bits per heavy atom. The molecule has 0 radical (unpaired) electrons. The average Bonchev–Trinajstić information content (AvgIpc) is 2.92. The summed E-state index contributed by atoms with van der Waals surface area (Å²) in [5, 5.41) is 24.5. The number of carboxylic acids is 2. The molecule has 10 heteroatoms. The van der Waals surface area contributed by atoms with Crippen LogP contribution in [0.2, 0.25) is 0 Å². The number of hydrogen-bond donors (Lipinski definition) is 1. The van der Waals surface area contributed by atoms with Crippen LogP contribution in [0, 0.1) is 5.41 Å². The molecule has 0 aliphatic heterocycles. The van der Waals surface area contributed by atoms with Gasteiger partial charge in [0.2, 0.25) is 5.91 Å². The second-order valence-electron chi connectivity index (χ2n) is 4.73. The number of benzene rings is 1. The van der Waals surface area contributed by atoms with E-state index in [4.69, 9.17) is 0 Å². The summed E-state index contributed by atoms with van der Waals surface area (Å²) in [5.41, 5.74) is -1.46. The minimum Gasteiger partial charge on any atom is -0.550 e. The number of carbonyl (C=O) groups is 3. The molecule has 2 rings (SSSR count). The molecule has 0 saturated carbocycles. The van der Waals surface area contributed by atoms with Gasteiger partial charge in [0.05, 0.1) is 16.2 Å². The van der Waals surface area contributed by atoms with Gasteiger partial charge in [0, 0.05) is 25.2 Å². The van der Waals surface area contributed by atoms with Gasteiger partial charge >= 0.3 is 37.7 Å². The van der Waals surface area contributed by atoms with E-state index in [9.17, 15) is 24.6 Å². The van der Waals surface area contributed by atoms with Gasteiger partial charge in [0.1, 0.15) is 5.41 Å². The van der Waals surface area contributed by atoms with Crippen LogP contribution in [0.15, 0.2) is 28.6 Å². The molecule has 1 unspecified atom stereocenters. The monoisotopic (exact) mass is 392 g/mol. The molecule has 0 spiro atoms. The van der Waals surface area contributed by atoms with Crippen molar-refractivity contribution >= 4 is 88.9 Å². The van der Waals surface area contributed by atoms with E-state index in [0.717, 1.165) is 22.0 Å². The van der Waals surface area contributed by atoms with Crippen LogP contribution in [-0.4, -0.2) is 73.4 Å². The Bertz CT molecular complexity index is 733. The molecule has 1 heterocycles. The molecule has 1 aromatic carbocycles. The Morgan fingerprint density at radius 1 is 1.29 bits per heavy atom. The number of thiazole rings is 1. The normalized spacial score (nSPS) is 12.9. The van der Waals surface area contributed by atoms with Gasteiger partial charge in [-0.3, -0.25) is 4.79 Å². The van der Waals surface area contributed by atoms with Crippen molar-refractivity contribution in [1.29, 1.82) is 0 Å². The molecule has 0 aliphatic carbocycles. The Kier molecular flexibility index (Phi) is 7.94. The fraction of sp³-hybridized carbons (Fsp3) is 0.286. The van der Waals surface area contributed by atoms with Crippen molar-refractivity contribution in [3.8, 4) is 0 Å². The molecule has 0 aliphatic rings. The summed E-state index contributed by atoms with van der Waals surface area (Å²) < 4.78 is 1.45. The summed E-state index contributed by atoms with van der Waals surface area (Å²) in [6.45, 7) is 0. The number of nitrogens with one attached hydrogen (secondary N) is 1. The third-order valence-corrected chi connectivity index (χ3v) is 5.62. The molecule has 122 valence electrons. The summed E-state index contributed by atoms with van der Waals surface area (Å²) in [7, 11) is 1.23.